The summed E-state index contributed by atoms with van der Waals surface area (Å²) in [4.78, 5) is 2.43. The van der Waals surface area contributed by atoms with Crippen LogP contribution >= 0.6 is 12.2 Å². The summed E-state index contributed by atoms with van der Waals surface area (Å²) in [6.45, 7) is 8.90. The van der Waals surface area contributed by atoms with E-state index in [1.807, 2.05) is 11.5 Å². The number of hydrogen-bond acceptors (Lipinski definition) is 6. The van der Waals surface area contributed by atoms with Crippen LogP contribution in [0.15, 0.2) is 41.8 Å². The second-order valence-electron chi connectivity index (χ2n) is 6.57. The van der Waals surface area contributed by atoms with Gasteiger partial charge in [-0.2, -0.15) is 9.40 Å². The monoisotopic (exact) mass is 423 g/mol. The minimum atomic E-state index is -3.51. The number of allylic oxidation sites excluding steroid dienone is 1. The summed E-state index contributed by atoms with van der Waals surface area (Å²) in [5.74, 6) is 1.47. The van der Waals surface area contributed by atoms with Gasteiger partial charge in [-0.25, -0.2) is 13.1 Å². The van der Waals surface area contributed by atoms with E-state index in [0.29, 0.717) is 49.9 Å². The van der Waals surface area contributed by atoms with E-state index in [4.69, 9.17) is 17.0 Å². The van der Waals surface area contributed by atoms with Crippen LogP contribution in [0.2, 0.25) is 0 Å². The highest BCUT2D eigenvalue weighted by Crippen LogP contribution is 2.20. The molecule has 2 aromatic rings. The Kier molecular flexibility index (Phi) is 6.33. The van der Waals surface area contributed by atoms with Gasteiger partial charge < -0.3 is 9.30 Å². The molecule has 0 saturated carbocycles. The summed E-state index contributed by atoms with van der Waals surface area (Å²) < 4.78 is 36.7. The van der Waals surface area contributed by atoms with Crippen LogP contribution < -0.4 is 4.74 Å². The number of nitrogens with zero attached hydrogens (tertiary/aromatic N) is 5. The standard InChI is InChI=1S/C18H25N5O3S2/c1-4-9-22-15(2)19-23(18(22)27)14-20-10-12-21(13-11-20)28(24,25)17-7-5-16(26-3)6-8-17/h4-8H,1,9-14H2,2-3H3. The maximum Gasteiger partial charge on any atom is 0.243 e. The quantitative estimate of drug-likeness (QED) is 0.500. The Morgan fingerprint density at radius 1 is 1.21 bits per heavy atom. The van der Waals surface area contributed by atoms with Gasteiger partial charge in [-0.15, -0.1) is 6.58 Å². The number of sulfonamides is 1. The number of aromatic nitrogens is 3. The summed E-state index contributed by atoms with van der Waals surface area (Å²) in [5, 5.41) is 4.50. The molecule has 0 unspecified atom stereocenters. The fraction of sp³-hybridized carbons (Fsp3) is 0.444. The Labute approximate surface area is 170 Å². The van der Waals surface area contributed by atoms with Gasteiger partial charge >= 0.3 is 0 Å². The van der Waals surface area contributed by atoms with Crippen molar-refractivity contribution in [1.82, 2.24) is 23.6 Å². The van der Waals surface area contributed by atoms with Gasteiger partial charge in [0, 0.05) is 32.7 Å². The van der Waals surface area contributed by atoms with Crippen molar-refractivity contribution < 1.29 is 13.2 Å². The molecule has 3 rings (SSSR count). The highest BCUT2D eigenvalue weighted by Gasteiger charge is 2.28. The molecule has 0 bridgehead atoms. The summed E-state index contributed by atoms with van der Waals surface area (Å²) in [7, 11) is -1.96. The molecule has 1 aliphatic heterocycles. The predicted molar refractivity (Wildman–Crippen MR) is 109 cm³/mol. The van der Waals surface area contributed by atoms with Crippen LogP contribution in [0, 0.1) is 11.7 Å². The molecule has 152 valence electrons. The third-order valence-electron chi connectivity index (χ3n) is 4.78. The molecule has 1 aromatic heterocycles. The first-order valence-corrected chi connectivity index (χ1v) is 10.8. The minimum Gasteiger partial charge on any atom is -0.497 e. The SMILES string of the molecule is C=CCn1c(C)nn(CN2CCN(S(=O)(=O)c3ccc(OC)cc3)CC2)c1=S. The number of methoxy groups -OCH3 is 1. The van der Waals surface area contributed by atoms with Crippen molar-refractivity contribution in [2.24, 2.45) is 0 Å². The van der Waals surface area contributed by atoms with Gasteiger partial charge in [-0.05, 0) is 43.4 Å². The third-order valence-corrected chi connectivity index (χ3v) is 7.13. The van der Waals surface area contributed by atoms with Crippen molar-refractivity contribution in [2.45, 2.75) is 25.0 Å². The Hall–Kier alpha value is -2.01. The topological polar surface area (TPSA) is 72.6 Å². The number of aryl methyl sites for hydroxylation is 1. The number of benzene rings is 1. The van der Waals surface area contributed by atoms with E-state index in [0.717, 1.165) is 5.82 Å². The molecule has 0 radical (unpaired) electrons. The van der Waals surface area contributed by atoms with Gasteiger partial charge in [0.2, 0.25) is 10.0 Å². The first kappa shape index (κ1) is 20.7. The molecule has 10 heteroatoms. The van der Waals surface area contributed by atoms with Gasteiger partial charge in [0.15, 0.2) is 4.77 Å². The maximum absolute atomic E-state index is 12.8. The Morgan fingerprint density at radius 3 is 2.43 bits per heavy atom. The van der Waals surface area contributed by atoms with Gasteiger partial charge in [-0.1, -0.05) is 6.08 Å². The molecule has 0 aliphatic carbocycles. The van der Waals surface area contributed by atoms with Crippen LogP contribution in [0.3, 0.4) is 0 Å². The summed E-state index contributed by atoms with van der Waals surface area (Å²) in [6, 6.07) is 6.48. The Balaban J connectivity index is 1.65. The lowest BCUT2D eigenvalue weighted by molar-refractivity contribution is 0.144. The van der Waals surface area contributed by atoms with Crippen LogP contribution in [-0.2, 0) is 23.2 Å². The van der Waals surface area contributed by atoms with E-state index in [-0.39, 0.29) is 4.90 Å². The van der Waals surface area contributed by atoms with Crippen LogP contribution in [-0.4, -0.2) is 65.3 Å². The molecule has 28 heavy (non-hydrogen) atoms. The van der Waals surface area contributed by atoms with Crippen LogP contribution in [0.4, 0.5) is 0 Å². The van der Waals surface area contributed by atoms with Crippen molar-refractivity contribution in [2.75, 3.05) is 33.3 Å². The van der Waals surface area contributed by atoms with Crippen LogP contribution in [0.25, 0.3) is 0 Å². The van der Waals surface area contributed by atoms with Crippen LogP contribution in [0.5, 0.6) is 5.75 Å². The van der Waals surface area contributed by atoms with Crippen molar-refractivity contribution >= 4 is 22.2 Å². The van der Waals surface area contributed by atoms with E-state index in [1.165, 1.54) is 4.31 Å². The van der Waals surface area contributed by atoms with E-state index in [1.54, 1.807) is 42.1 Å². The number of rotatable bonds is 7. The third kappa shape index (κ3) is 4.19. The van der Waals surface area contributed by atoms with Gasteiger partial charge in [0.1, 0.15) is 11.6 Å². The molecule has 0 amide bonds. The lowest BCUT2D eigenvalue weighted by Crippen LogP contribution is -2.48. The smallest absolute Gasteiger partial charge is 0.243 e. The summed E-state index contributed by atoms with van der Waals surface area (Å²) in [6.07, 6.45) is 1.79. The molecule has 1 aromatic carbocycles. The molecule has 0 spiro atoms. The fourth-order valence-corrected chi connectivity index (χ4v) is 4.91. The van der Waals surface area contributed by atoms with Gasteiger partial charge in [-0.3, -0.25) is 4.90 Å². The minimum absolute atomic E-state index is 0.280. The van der Waals surface area contributed by atoms with Crippen LogP contribution in [0.1, 0.15) is 5.82 Å². The normalized spacial score (nSPS) is 16.2. The summed E-state index contributed by atoms with van der Waals surface area (Å²) >= 11 is 5.49. The lowest BCUT2D eigenvalue weighted by Gasteiger charge is -2.33. The molecule has 2 heterocycles. The largest absolute Gasteiger partial charge is 0.497 e. The van der Waals surface area contributed by atoms with E-state index in [9.17, 15) is 8.42 Å². The highest BCUT2D eigenvalue weighted by atomic mass is 32.2. The Morgan fingerprint density at radius 2 is 1.86 bits per heavy atom. The second kappa shape index (κ2) is 8.56. The van der Waals surface area contributed by atoms with Crippen molar-refractivity contribution in [3.05, 3.63) is 47.5 Å². The molecule has 0 atom stereocenters. The number of hydrogen-bond donors (Lipinski definition) is 0. The molecule has 1 saturated heterocycles. The predicted octanol–water partition coefficient (Wildman–Crippen LogP) is 1.88. The number of ether oxygens (including phenoxy) is 1. The molecular weight excluding hydrogens is 398 g/mol. The molecule has 8 nitrogen and oxygen atoms in total. The highest BCUT2D eigenvalue weighted by molar-refractivity contribution is 7.89. The van der Waals surface area contributed by atoms with Crippen molar-refractivity contribution in [1.29, 1.82) is 0 Å². The zero-order valence-corrected chi connectivity index (χ0v) is 17.7. The number of piperazine rings is 1. The average Bonchev–Trinajstić information content (AvgIpc) is 2.96. The van der Waals surface area contributed by atoms with Gasteiger partial charge in [0.05, 0.1) is 18.7 Å². The second-order valence-corrected chi connectivity index (χ2v) is 8.87. The maximum atomic E-state index is 12.8. The Bertz CT molecular complexity index is 987. The first-order chi connectivity index (χ1) is 13.4. The summed E-state index contributed by atoms with van der Waals surface area (Å²) in [5.41, 5.74) is 0. The van der Waals surface area contributed by atoms with E-state index >= 15 is 0 Å². The van der Waals surface area contributed by atoms with E-state index in [2.05, 4.69) is 16.6 Å². The molecule has 1 fully saturated rings. The zero-order valence-electron chi connectivity index (χ0n) is 16.1. The average molecular weight is 424 g/mol. The van der Waals surface area contributed by atoms with Crippen molar-refractivity contribution in [3.63, 3.8) is 0 Å². The van der Waals surface area contributed by atoms with Crippen molar-refractivity contribution in [3.8, 4) is 5.75 Å². The fourth-order valence-electron chi connectivity index (χ4n) is 3.18. The zero-order chi connectivity index (χ0) is 20.3. The first-order valence-electron chi connectivity index (χ1n) is 8.98. The molecule has 0 N–H and O–H groups in total. The van der Waals surface area contributed by atoms with Gasteiger partial charge in [0.25, 0.3) is 0 Å². The molecular formula is C18H25N5O3S2. The molecule has 1 aliphatic rings. The van der Waals surface area contributed by atoms with E-state index < -0.39 is 10.0 Å². The lowest BCUT2D eigenvalue weighted by atomic mass is 10.3.